The first-order valence-electron chi connectivity index (χ1n) is 8.13. The molecule has 0 spiro atoms. The third-order valence-corrected chi connectivity index (χ3v) is 3.61. The minimum Gasteiger partial charge on any atom is -0.444 e. The lowest BCUT2D eigenvalue weighted by atomic mass is 10.1. The second kappa shape index (κ2) is 6.47. The van der Waals surface area contributed by atoms with Gasteiger partial charge in [-0.25, -0.2) is 9.48 Å². The molecule has 0 atom stereocenters. The maximum atomic E-state index is 11.8. The number of amides is 1. The molecule has 0 aliphatic heterocycles. The number of nitrogen functional groups attached to an aromatic ring is 1. The van der Waals surface area contributed by atoms with Crippen LogP contribution in [0.25, 0.3) is 16.6 Å². The molecule has 0 fully saturated rings. The Morgan fingerprint density at radius 3 is 2.60 bits per heavy atom. The summed E-state index contributed by atoms with van der Waals surface area (Å²) in [5.41, 5.74) is 8.32. The highest BCUT2D eigenvalue weighted by atomic mass is 16.6. The van der Waals surface area contributed by atoms with E-state index in [0.29, 0.717) is 12.4 Å². The van der Waals surface area contributed by atoms with Gasteiger partial charge < -0.3 is 15.8 Å². The molecule has 6 nitrogen and oxygen atoms in total. The van der Waals surface area contributed by atoms with E-state index in [2.05, 4.69) is 10.4 Å². The van der Waals surface area contributed by atoms with E-state index in [4.69, 9.17) is 10.5 Å². The van der Waals surface area contributed by atoms with Crippen molar-refractivity contribution in [1.29, 1.82) is 0 Å². The summed E-state index contributed by atoms with van der Waals surface area (Å²) in [7, 11) is 0. The summed E-state index contributed by atoms with van der Waals surface area (Å²) in [6, 6.07) is 15.5. The molecule has 0 aliphatic rings. The van der Waals surface area contributed by atoms with Crippen LogP contribution in [-0.4, -0.2) is 21.5 Å². The quantitative estimate of drug-likeness (QED) is 0.764. The van der Waals surface area contributed by atoms with Crippen molar-refractivity contribution in [3.05, 3.63) is 54.1 Å². The molecule has 6 heteroatoms. The fraction of sp³-hybridized carbons (Fsp3) is 0.263. The molecule has 0 saturated heterocycles. The number of fused-ring (bicyclic) bond motifs is 1. The average molecular weight is 338 g/mol. The van der Waals surface area contributed by atoms with Crippen molar-refractivity contribution in [2.24, 2.45) is 0 Å². The summed E-state index contributed by atoms with van der Waals surface area (Å²) in [5, 5.41) is 8.20. The van der Waals surface area contributed by atoms with Crippen molar-refractivity contribution < 1.29 is 9.53 Å². The first kappa shape index (κ1) is 16.8. The highest BCUT2D eigenvalue weighted by molar-refractivity contribution is 5.90. The highest BCUT2D eigenvalue weighted by Crippen LogP contribution is 2.24. The van der Waals surface area contributed by atoms with Crippen LogP contribution in [0.1, 0.15) is 26.3 Å². The average Bonchev–Trinajstić information content (AvgIpc) is 2.89. The number of ether oxygens (including phenoxy) is 1. The number of hydrogen-bond donors (Lipinski definition) is 2. The van der Waals surface area contributed by atoms with Crippen LogP contribution in [0.4, 0.5) is 10.6 Å². The van der Waals surface area contributed by atoms with Crippen LogP contribution in [0.5, 0.6) is 0 Å². The lowest BCUT2D eigenvalue weighted by molar-refractivity contribution is 0.0523. The maximum absolute atomic E-state index is 11.8. The largest absolute Gasteiger partial charge is 0.444 e. The van der Waals surface area contributed by atoms with Gasteiger partial charge in [-0.15, -0.1) is 0 Å². The molecular formula is C19H22N4O2. The number of carbonyl (C=O) groups excluding carboxylic acids is 1. The van der Waals surface area contributed by atoms with Crippen molar-refractivity contribution >= 4 is 22.8 Å². The summed E-state index contributed by atoms with van der Waals surface area (Å²) >= 11 is 0. The van der Waals surface area contributed by atoms with Gasteiger partial charge in [-0.2, -0.15) is 5.10 Å². The Labute approximate surface area is 146 Å². The number of nitrogens with one attached hydrogen (secondary N) is 1. The number of nitrogens with zero attached hydrogens (tertiary/aromatic N) is 2. The first-order valence-corrected chi connectivity index (χ1v) is 8.13. The Morgan fingerprint density at radius 1 is 1.20 bits per heavy atom. The molecule has 1 aromatic heterocycles. The van der Waals surface area contributed by atoms with Gasteiger partial charge in [0.25, 0.3) is 0 Å². The summed E-state index contributed by atoms with van der Waals surface area (Å²) < 4.78 is 6.96. The van der Waals surface area contributed by atoms with Gasteiger partial charge in [-0.1, -0.05) is 24.3 Å². The number of aromatic nitrogens is 2. The minimum absolute atomic E-state index is 0.364. The van der Waals surface area contributed by atoms with Gasteiger partial charge in [-0.3, -0.25) is 0 Å². The molecule has 130 valence electrons. The van der Waals surface area contributed by atoms with E-state index in [1.165, 1.54) is 0 Å². The standard InChI is InChI=1S/C19H22N4O2/c1-19(2,3)25-18(24)21-12-13-9-10-15-16(11-13)22-23(17(15)20)14-7-5-4-6-8-14/h4-11H,12,20H2,1-3H3,(H,21,24). The SMILES string of the molecule is CC(C)(C)OC(=O)NCc1ccc2c(N)n(-c3ccccc3)nc2c1. The Hall–Kier alpha value is -3.02. The summed E-state index contributed by atoms with van der Waals surface area (Å²) in [5.74, 6) is 0.591. The molecule has 25 heavy (non-hydrogen) atoms. The molecule has 3 aromatic rings. The van der Waals surface area contributed by atoms with Crippen LogP contribution in [-0.2, 0) is 11.3 Å². The maximum Gasteiger partial charge on any atom is 0.407 e. The second-order valence-electron chi connectivity index (χ2n) is 6.84. The van der Waals surface area contributed by atoms with Gasteiger partial charge >= 0.3 is 6.09 Å². The smallest absolute Gasteiger partial charge is 0.407 e. The van der Waals surface area contributed by atoms with Gasteiger partial charge in [0, 0.05) is 11.9 Å². The number of rotatable bonds is 3. The number of hydrogen-bond acceptors (Lipinski definition) is 4. The summed E-state index contributed by atoms with van der Waals surface area (Å²) in [6.45, 7) is 5.86. The van der Waals surface area contributed by atoms with E-state index in [-0.39, 0.29) is 0 Å². The highest BCUT2D eigenvalue weighted by Gasteiger charge is 2.16. The van der Waals surface area contributed by atoms with Crippen LogP contribution in [0.3, 0.4) is 0 Å². The third-order valence-electron chi connectivity index (χ3n) is 3.61. The number of benzene rings is 2. The number of para-hydroxylation sites is 1. The molecule has 0 aliphatic carbocycles. The van der Waals surface area contributed by atoms with E-state index in [9.17, 15) is 4.79 Å². The fourth-order valence-electron chi connectivity index (χ4n) is 2.52. The Bertz CT molecular complexity index is 895. The van der Waals surface area contributed by atoms with Gasteiger partial charge in [-0.05, 0) is 50.6 Å². The van der Waals surface area contributed by atoms with Crippen molar-refractivity contribution in [2.45, 2.75) is 32.9 Å². The normalized spacial score (nSPS) is 11.5. The molecule has 1 amide bonds. The molecule has 0 saturated carbocycles. The molecule has 3 rings (SSSR count). The molecule has 3 N–H and O–H groups in total. The van der Waals surface area contributed by atoms with E-state index < -0.39 is 11.7 Å². The Morgan fingerprint density at radius 2 is 1.92 bits per heavy atom. The molecular weight excluding hydrogens is 316 g/mol. The van der Waals surface area contributed by atoms with Crippen molar-refractivity contribution in [2.75, 3.05) is 5.73 Å². The zero-order chi connectivity index (χ0) is 18.0. The van der Waals surface area contributed by atoms with Gasteiger partial charge in [0.2, 0.25) is 0 Å². The van der Waals surface area contributed by atoms with E-state index in [1.807, 2.05) is 69.3 Å². The molecule has 0 bridgehead atoms. The zero-order valence-electron chi connectivity index (χ0n) is 14.6. The Kier molecular flexibility index (Phi) is 4.35. The van der Waals surface area contributed by atoms with Gasteiger partial charge in [0.15, 0.2) is 0 Å². The van der Waals surface area contributed by atoms with Gasteiger partial charge in [0.1, 0.15) is 11.4 Å². The number of nitrogens with two attached hydrogens (primary N) is 1. The van der Waals surface area contributed by atoms with Crippen LogP contribution >= 0.6 is 0 Å². The van der Waals surface area contributed by atoms with Crippen molar-refractivity contribution in [3.63, 3.8) is 0 Å². The monoisotopic (exact) mass is 338 g/mol. The summed E-state index contributed by atoms with van der Waals surface area (Å²) in [4.78, 5) is 11.8. The van der Waals surface area contributed by atoms with E-state index >= 15 is 0 Å². The summed E-state index contributed by atoms with van der Waals surface area (Å²) in [6.07, 6.45) is -0.443. The first-order chi connectivity index (χ1) is 11.8. The number of carbonyl (C=O) groups is 1. The number of anilines is 1. The molecule has 0 radical (unpaired) electrons. The van der Waals surface area contributed by atoms with Crippen molar-refractivity contribution in [3.8, 4) is 5.69 Å². The molecule has 0 unspecified atom stereocenters. The predicted octanol–water partition coefficient (Wildman–Crippen LogP) is 3.63. The van der Waals surface area contributed by atoms with Crippen LogP contribution < -0.4 is 11.1 Å². The van der Waals surface area contributed by atoms with Crippen molar-refractivity contribution in [1.82, 2.24) is 15.1 Å². The van der Waals surface area contributed by atoms with Crippen LogP contribution in [0.15, 0.2) is 48.5 Å². The predicted molar refractivity (Wildman–Crippen MR) is 98.6 cm³/mol. The van der Waals surface area contributed by atoms with E-state index in [1.54, 1.807) is 4.68 Å². The topological polar surface area (TPSA) is 82.2 Å². The molecule has 2 aromatic carbocycles. The van der Waals surface area contributed by atoms with Crippen LogP contribution in [0, 0.1) is 0 Å². The number of alkyl carbamates (subject to hydrolysis) is 1. The van der Waals surface area contributed by atoms with Crippen LogP contribution in [0.2, 0.25) is 0 Å². The Balaban J connectivity index is 1.80. The second-order valence-corrected chi connectivity index (χ2v) is 6.84. The zero-order valence-corrected chi connectivity index (χ0v) is 14.6. The molecule has 1 heterocycles. The van der Waals surface area contributed by atoms with Gasteiger partial charge in [0.05, 0.1) is 11.2 Å². The lowest BCUT2D eigenvalue weighted by Crippen LogP contribution is -2.32. The fourth-order valence-corrected chi connectivity index (χ4v) is 2.52. The van der Waals surface area contributed by atoms with E-state index in [0.717, 1.165) is 22.2 Å². The third kappa shape index (κ3) is 3.91. The minimum atomic E-state index is -0.517. The lowest BCUT2D eigenvalue weighted by Gasteiger charge is -2.19.